The molecule has 5 rings (SSSR count). The van der Waals surface area contributed by atoms with Gasteiger partial charge in [0.05, 0.1) is 12.1 Å². The molecule has 0 atom stereocenters. The summed E-state index contributed by atoms with van der Waals surface area (Å²) in [6.07, 6.45) is -2.70. The Balaban J connectivity index is 0.00000442. The fourth-order valence-corrected chi connectivity index (χ4v) is 4.89. The molecule has 0 spiro atoms. The first kappa shape index (κ1) is 33.7. The quantitative estimate of drug-likeness (QED) is 0.230. The van der Waals surface area contributed by atoms with Gasteiger partial charge in [0.1, 0.15) is 22.9 Å². The maximum atomic E-state index is 14.3. The maximum absolute atomic E-state index is 14.3. The molecule has 2 heterocycles. The van der Waals surface area contributed by atoms with Crippen LogP contribution >= 0.6 is 0 Å². The minimum atomic E-state index is -2.92. The van der Waals surface area contributed by atoms with Gasteiger partial charge in [-0.1, -0.05) is 67.6 Å². The summed E-state index contributed by atoms with van der Waals surface area (Å²) in [4.78, 5) is 22.0. The van der Waals surface area contributed by atoms with Crippen molar-refractivity contribution in [2.75, 3.05) is 0 Å². The summed E-state index contributed by atoms with van der Waals surface area (Å²) in [5.41, 5.74) is 1.79. The van der Waals surface area contributed by atoms with Gasteiger partial charge in [0.2, 0.25) is 0 Å². The van der Waals surface area contributed by atoms with Crippen LogP contribution in [0.15, 0.2) is 82.1 Å². The predicted molar refractivity (Wildman–Crippen MR) is 157 cm³/mol. The average molecular weight is 625 g/mol. The zero-order valence-electron chi connectivity index (χ0n) is 25.3. The molecule has 0 N–H and O–H groups in total. The molecule has 0 saturated carbocycles. The van der Waals surface area contributed by atoms with E-state index in [1.54, 1.807) is 30.3 Å². The summed E-state index contributed by atoms with van der Waals surface area (Å²) >= 11 is 0. The van der Waals surface area contributed by atoms with Crippen LogP contribution in [0.1, 0.15) is 57.6 Å². The standard InChI is InChI=1S/C33H32F2N4O4.K/c1-5-8-26-36-28(29(34)35)27(22-15-17-23(18-16-22)42-33(2,3)4)31(40)39(26)19-20-11-13-21(14-12-20)24-9-6-7-10-25(24)30-37-32(41)43-38-30;/h6-7,9-18,29H,5,8,19H2,1-4H3,(H,37,38,41);/q;+1/p-1. The number of ether oxygens (including phenoxy) is 1. The van der Waals surface area contributed by atoms with Gasteiger partial charge in [-0.05, 0) is 61.6 Å². The summed E-state index contributed by atoms with van der Waals surface area (Å²) in [5, 5.41) is 15.2. The Hall–Kier alpha value is -3.22. The Labute approximate surface area is 296 Å². The van der Waals surface area contributed by atoms with E-state index >= 15 is 0 Å². The van der Waals surface area contributed by atoms with Crippen molar-refractivity contribution in [1.29, 1.82) is 0 Å². The molecule has 0 saturated heterocycles. The molecule has 0 aliphatic heterocycles. The van der Waals surface area contributed by atoms with Crippen molar-refractivity contribution in [2.45, 2.75) is 59.1 Å². The van der Waals surface area contributed by atoms with Crippen LogP contribution in [-0.2, 0) is 13.0 Å². The summed E-state index contributed by atoms with van der Waals surface area (Å²) in [7, 11) is 0. The van der Waals surface area contributed by atoms with Gasteiger partial charge in [0, 0.05) is 12.0 Å². The number of nitrogens with zero attached hydrogens (tertiary/aromatic N) is 4. The van der Waals surface area contributed by atoms with E-state index in [1.165, 1.54) is 4.57 Å². The molecular formula is C33H31F2KN4O4. The Morgan fingerprint density at radius 3 is 2.14 bits per heavy atom. The largest absolute Gasteiger partial charge is 1.00 e. The first-order chi connectivity index (χ1) is 20.5. The van der Waals surface area contributed by atoms with Crippen molar-refractivity contribution < 1.29 is 74.5 Å². The van der Waals surface area contributed by atoms with E-state index in [0.717, 1.165) is 16.7 Å². The fourth-order valence-electron chi connectivity index (χ4n) is 4.89. The van der Waals surface area contributed by atoms with Gasteiger partial charge in [-0.15, -0.1) is 0 Å². The van der Waals surface area contributed by atoms with E-state index in [-0.39, 0.29) is 69.3 Å². The molecule has 0 unspecified atom stereocenters. The number of halogens is 2. The number of aryl methyl sites for hydroxylation is 1. The van der Waals surface area contributed by atoms with E-state index in [0.29, 0.717) is 35.5 Å². The van der Waals surface area contributed by atoms with Crippen molar-refractivity contribution in [3.63, 3.8) is 0 Å². The Kier molecular flexibility index (Phi) is 10.9. The Morgan fingerprint density at radius 2 is 1.57 bits per heavy atom. The first-order valence-corrected chi connectivity index (χ1v) is 13.9. The van der Waals surface area contributed by atoms with Crippen LogP contribution in [0.25, 0.3) is 33.6 Å². The third kappa shape index (κ3) is 7.70. The fraction of sp³-hybridized carbons (Fsp3) is 0.273. The normalized spacial score (nSPS) is 11.4. The van der Waals surface area contributed by atoms with Crippen LogP contribution in [0, 0.1) is 0 Å². The number of aromatic nitrogens is 4. The molecule has 0 amide bonds. The monoisotopic (exact) mass is 624 g/mol. The van der Waals surface area contributed by atoms with Crippen LogP contribution in [0.4, 0.5) is 8.78 Å². The number of hydrogen-bond donors (Lipinski definition) is 0. The van der Waals surface area contributed by atoms with Gasteiger partial charge in [0.25, 0.3) is 12.0 Å². The van der Waals surface area contributed by atoms with Crippen molar-refractivity contribution >= 4 is 0 Å². The van der Waals surface area contributed by atoms with E-state index in [9.17, 15) is 18.7 Å². The van der Waals surface area contributed by atoms with Crippen molar-refractivity contribution in [3.8, 4) is 45.5 Å². The molecule has 0 bridgehead atoms. The van der Waals surface area contributed by atoms with Crippen LogP contribution < -0.4 is 66.8 Å². The number of alkyl halides is 2. The Bertz CT molecular complexity index is 1780. The summed E-state index contributed by atoms with van der Waals surface area (Å²) in [6, 6.07) is 21.4. The topological polar surface area (TPSA) is 106 Å². The molecule has 11 heteroatoms. The van der Waals surface area contributed by atoms with Gasteiger partial charge < -0.3 is 14.4 Å². The van der Waals surface area contributed by atoms with Crippen LogP contribution in [0.5, 0.6) is 11.8 Å². The first-order valence-electron chi connectivity index (χ1n) is 13.9. The van der Waals surface area contributed by atoms with Crippen LogP contribution in [0.2, 0.25) is 0 Å². The molecule has 0 aliphatic rings. The van der Waals surface area contributed by atoms with E-state index in [2.05, 4.69) is 19.6 Å². The second-order valence-corrected chi connectivity index (χ2v) is 11.1. The SMILES string of the molecule is CCCc1nc(C(F)F)c(-c2ccc(OC(C)(C)C)cc2)c(=O)n1Cc1ccc(-c2ccccc2-c2noc([O-])n2)cc1.[K+]. The number of hydrogen-bond acceptors (Lipinski definition) is 7. The number of benzene rings is 3. The Morgan fingerprint density at radius 1 is 0.932 bits per heavy atom. The van der Waals surface area contributed by atoms with Gasteiger partial charge in [0.15, 0.2) is 11.9 Å². The average Bonchev–Trinajstić information content (AvgIpc) is 3.41. The molecule has 5 aromatic rings. The molecular weight excluding hydrogens is 593 g/mol. The second-order valence-electron chi connectivity index (χ2n) is 11.1. The minimum absolute atomic E-state index is 0. The minimum Gasteiger partial charge on any atom is -0.528 e. The summed E-state index contributed by atoms with van der Waals surface area (Å²) in [5.74, 6) is 1.07. The van der Waals surface area contributed by atoms with Crippen molar-refractivity contribution in [1.82, 2.24) is 19.7 Å². The third-order valence-electron chi connectivity index (χ3n) is 6.70. The zero-order valence-corrected chi connectivity index (χ0v) is 28.4. The molecule has 0 aliphatic carbocycles. The maximum Gasteiger partial charge on any atom is 1.00 e. The van der Waals surface area contributed by atoms with Gasteiger partial charge in [-0.25, -0.2) is 18.7 Å². The van der Waals surface area contributed by atoms with Crippen LogP contribution in [-0.4, -0.2) is 25.3 Å². The molecule has 2 aromatic heterocycles. The molecule has 8 nitrogen and oxygen atoms in total. The van der Waals surface area contributed by atoms with E-state index in [1.807, 2.05) is 70.2 Å². The van der Waals surface area contributed by atoms with Crippen molar-refractivity contribution in [3.05, 3.63) is 100 Å². The van der Waals surface area contributed by atoms with Gasteiger partial charge in [-0.2, -0.15) is 5.16 Å². The molecule has 222 valence electrons. The predicted octanol–water partition coefficient (Wildman–Crippen LogP) is 3.82. The molecule has 44 heavy (non-hydrogen) atoms. The van der Waals surface area contributed by atoms with Gasteiger partial charge in [-0.3, -0.25) is 9.36 Å². The summed E-state index contributed by atoms with van der Waals surface area (Å²) in [6.45, 7) is 7.79. The van der Waals surface area contributed by atoms with Crippen LogP contribution in [0.3, 0.4) is 0 Å². The third-order valence-corrected chi connectivity index (χ3v) is 6.70. The number of rotatable bonds is 9. The van der Waals surface area contributed by atoms with Gasteiger partial charge >= 0.3 is 51.4 Å². The van der Waals surface area contributed by atoms with Crippen molar-refractivity contribution in [2.24, 2.45) is 0 Å². The smallest absolute Gasteiger partial charge is 0.528 e. The van der Waals surface area contributed by atoms with E-state index < -0.39 is 29.4 Å². The van der Waals surface area contributed by atoms with E-state index in [4.69, 9.17) is 4.74 Å². The molecule has 0 radical (unpaired) electrons. The zero-order chi connectivity index (χ0) is 30.7. The molecule has 0 fully saturated rings. The second kappa shape index (κ2) is 14.3. The summed E-state index contributed by atoms with van der Waals surface area (Å²) < 4.78 is 40.5. The molecule has 3 aromatic carbocycles.